The van der Waals surface area contributed by atoms with E-state index in [2.05, 4.69) is 154 Å². The number of carbonyl (C=O) groups is 3. The highest BCUT2D eigenvalue weighted by Gasteiger charge is 2.19. The summed E-state index contributed by atoms with van der Waals surface area (Å²) >= 11 is 0. The van der Waals surface area contributed by atoms with Crippen LogP contribution in [0.3, 0.4) is 0 Å². The number of hydrogen-bond acceptors (Lipinski definition) is 6. The summed E-state index contributed by atoms with van der Waals surface area (Å²) in [7, 11) is 0. The van der Waals surface area contributed by atoms with E-state index < -0.39 is 12.1 Å². The van der Waals surface area contributed by atoms with E-state index in [1.165, 1.54) is 96.3 Å². The molecule has 0 aromatic carbocycles. The van der Waals surface area contributed by atoms with E-state index in [-0.39, 0.29) is 31.6 Å². The Kier molecular flexibility index (Phi) is 59.9. The van der Waals surface area contributed by atoms with Gasteiger partial charge in [-0.25, -0.2) is 0 Å². The molecule has 0 aliphatic rings. The van der Waals surface area contributed by atoms with Crippen LogP contribution in [0.2, 0.25) is 0 Å². The van der Waals surface area contributed by atoms with E-state index in [0.717, 1.165) is 122 Å². The number of ether oxygens (including phenoxy) is 3. The van der Waals surface area contributed by atoms with Gasteiger partial charge in [-0.1, -0.05) is 282 Å². The van der Waals surface area contributed by atoms with Crippen molar-refractivity contribution in [2.24, 2.45) is 0 Å². The number of hydrogen-bond donors (Lipinski definition) is 0. The molecule has 0 spiro atoms. The van der Waals surface area contributed by atoms with Crippen molar-refractivity contribution in [3.63, 3.8) is 0 Å². The van der Waals surface area contributed by atoms with Gasteiger partial charge in [-0.2, -0.15) is 0 Å². The molecule has 0 rings (SSSR count). The summed E-state index contributed by atoms with van der Waals surface area (Å²) in [5, 5.41) is 0. The van der Waals surface area contributed by atoms with Crippen LogP contribution in [0, 0.1) is 0 Å². The molecule has 0 fully saturated rings. The summed E-state index contributed by atoms with van der Waals surface area (Å²) in [6.07, 6.45) is 91.7. The van der Waals surface area contributed by atoms with Crippen LogP contribution in [0.5, 0.6) is 0 Å². The van der Waals surface area contributed by atoms with Gasteiger partial charge in [-0.3, -0.25) is 14.4 Å². The van der Waals surface area contributed by atoms with Gasteiger partial charge in [0, 0.05) is 19.3 Å². The largest absolute Gasteiger partial charge is 0.462 e. The van der Waals surface area contributed by atoms with Gasteiger partial charge in [0.05, 0.1) is 0 Å². The molecule has 77 heavy (non-hydrogen) atoms. The first-order valence-electron chi connectivity index (χ1n) is 31.3. The summed E-state index contributed by atoms with van der Waals surface area (Å²) in [6, 6.07) is 0. The van der Waals surface area contributed by atoms with Crippen LogP contribution in [0.4, 0.5) is 0 Å². The molecular weight excluding hydrogens is 949 g/mol. The van der Waals surface area contributed by atoms with Crippen molar-refractivity contribution < 1.29 is 28.6 Å². The van der Waals surface area contributed by atoms with E-state index >= 15 is 0 Å². The van der Waals surface area contributed by atoms with E-state index in [4.69, 9.17) is 14.2 Å². The topological polar surface area (TPSA) is 78.9 Å². The zero-order valence-corrected chi connectivity index (χ0v) is 49.7. The Morgan fingerprint density at radius 3 is 0.844 bits per heavy atom. The minimum Gasteiger partial charge on any atom is -0.462 e. The summed E-state index contributed by atoms with van der Waals surface area (Å²) < 4.78 is 16.8. The van der Waals surface area contributed by atoms with Gasteiger partial charge in [0.1, 0.15) is 13.2 Å². The Morgan fingerprint density at radius 1 is 0.273 bits per heavy atom. The molecule has 0 N–H and O–H groups in total. The van der Waals surface area contributed by atoms with Gasteiger partial charge >= 0.3 is 17.9 Å². The highest BCUT2D eigenvalue weighted by atomic mass is 16.6. The summed E-state index contributed by atoms with van der Waals surface area (Å²) in [5.74, 6) is -0.999. The van der Waals surface area contributed by atoms with E-state index in [1.807, 2.05) is 12.2 Å². The lowest BCUT2D eigenvalue weighted by Crippen LogP contribution is -2.30. The van der Waals surface area contributed by atoms with Crippen molar-refractivity contribution >= 4 is 17.9 Å². The Balaban J connectivity index is 4.21. The number of rotatable bonds is 55. The lowest BCUT2D eigenvalue weighted by Gasteiger charge is -2.18. The number of carbonyl (C=O) groups excluding carboxylic acids is 3. The fourth-order valence-electron chi connectivity index (χ4n) is 8.24. The molecule has 434 valence electrons. The monoisotopic (exact) mass is 1060 g/mol. The van der Waals surface area contributed by atoms with Gasteiger partial charge in [-0.15, -0.1) is 0 Å². The molecule has 0 saturated carbocycles. The summed E-state index contributed by atoms with van der Waals surface area (Å²) in [4.78, 5) is 38.1. The minimum atomic E-state index is -0.820. The highest BCUT2D eigenvalue weighted by molar-refractivity contribution is 5.71. The summed E-state index contributed by atoms with van der Waals surface area (Å²) in [6.45, 7) is 6.33. The molecular formula is C71H114O6. The molecule has 0 aliphatic heterocycles. The zero-order valence-electron chi connectivity index (χ0n) is 49.7. The molecule has 0 aliphatic carbocycles. The maximum Gasteiger partial charge on any atom is 0.306 e. The molecule has 6 heteroatoms. The average Bonchev–Trinajstić information content (AvgIpc) is 3.43. The molecule has 1 unspecified atom stereocenters. The smallest absolute Gasteiger partial charge is 0.306 e. The third kappa shape index (κ3) is 62.0. The number of allylic oxidation sites excluding steroid dienone is 24. The molecule has 0 amide bonds. The van der Waals surface area contributed by atoms with Gasteiger partial charge in [-0.05, 0) is 109 Å². The third-order valence-electron chi connectivity index (χ3n) is 12.9. The lowest BCUT2D eigenvalue weighted by molar-refractivity contribution is -0.166. The molecule has 0 bridgehead atoms. The third-order valence-corrected chi connectivity index (χ3v) is 12.9. The van der Waals surface area contributed by atoms with Crippen LogP contribution in [0.15, 0.2) is 146 Å². The van der Waals surface area contributed by atoms with Gasteiger partial charge in [0.2, 0.25) is 0 Å². The second-order valence-electron chi connectivity index (χ2n) is 20.2. The van der Waals surface area contributed by atoms with Gasteiger partial charge in [0.25, 0.3) is 0 Å². The van der Waals surface area contributed by atoms with Crippen molar-refractivity contribution in [3.8, 4) is 0 Å². The van der Waals surface area contributed by atoms with Gasteiger partial charge in [0.15, 0.2) is 6.10 Å². The van der Waals surface area contributed by atoms with Crippen molar-refractivity contribution in [2.75, 3.05) is 13.2 Å². The molecule has 0 aromatic heterocycles. The maximum atomic E-state index is 12.8. The molecule has 0 heterocycles. The van der Waals surface area contributed by atoms with Crippen LogP contribution in [-0.2, 0) is 28.6 Å². The average molecular weight is 1060 g/mol. The second-order valence-corrected chi connectivity index (χ2v) is 20.2. The van der Waals surface area contributed by atoms with Crippen LogP contribution in [0.25, 0.3) is 0 Å². The van der Waals surface area contributed by atoms with Crippen LogP contribution < -0.4 is 0 Å². The number of unbranched alkanes of at least 4 members (excludes halogenated alkanes) is 20. The highest BCUT2D eigenvalue weighted by Crippen LogP contribution is 2.15. The standard InChI is InChI=1S/C71H114O6/c1-4-7-10-13-16-19-22-24-25-26-27-28-29-30-31-32-33-34-35-36-37-38-39-40-41-42-43-44-45-47-49-52-55-58-61-64-70(73)76-67-68(66-75-69(72)63-60-57-54-51-48-21-18-15-12-9-6-3)77-71(74)65-62-59-56-53-50-46-23-20-17-14-11-8-5-2/h7-8,10-11,16-17,19-20,24-25,27-28,30-31,33-34,36-37,39-40,46,50,56,59,68H,4-6,9,12-15,18,21-23,26,29,32,35,38,41-45,47-49,51-55,57-58,60-67H2,1-3H3/b10-7-,11-8-,19-16-,20-17-,25-24-,28-27-,31-30-,34-33-,37-36-,40-39-,50-46-,59-56-. The Bertz CT molecular complexity index is 1700. The van der Waals surface area contributed by atoms with Crippen molar-refractivity contribution in [3.05, 3.63) is 146 Å². The summed E-state index contributed by atoms with van der Waals surface area (Å²) in [5.41, 5.74) is 0. The molecule has 0 aromatic rings. The first-order chi connectivity index (χ1) is 38.0. The molecule has 0 saturated heterocycles. The second kappa shape index (κ2) is 63.8. The quantitative estimate of drug-likeness (QED) is 0.0261. The Labute approximate surface area is 474 Å². The lowest BCUT2D eigenvalue weighted by atomic mass is 10.1. The predicted molar refractivity (Wildman–Crippen MR) is 334 cm³/mol. The Hall–Kier alpha value is -4.71. The van der Waals surface area contributed by atoms with Crippen LogP contribution >= 0.6 is 0 Å². The molecule has 6 nitrogen and oxygen atoms in total. The SMILES string of the molecule is CC/C=C\C/C=C\C/C=C\C/C=C\C/C=C\C/C=C\C/C=C\C/C=C\CCCCCCCCCCCCC(=O)OCC(COC(=O)CCCCCCCCCCCCC)OC(=O)CC/C=C\C/C=C\C/C=C\C/C=C\CC. The first kappa shape index (κ1) is 72.3. The van der Waals surface area contributed by atoms with E-state index in [0.29, 0.717) is 19.3 Å². The van der Waals surface area contributed by atoms with Gasteiger partial charge < -0.3 is 14.2 Å². The minimum absolute atomic E-state index is 0.109. The fraction of sp³-hybridized carbons (Fsp3) is 0.620. The van der Waals surface area contributed by atoms with Crippen molar-refractivity contribution in [1.29, 1.82) is 0 Å². The maximum absolute atomic E-state index is 12.8. The molecule has 1 atom stereocenters. The van der Waals surface area contributed by atoms with E-state index in [1.54, 1.807) is 0 Å². The number of esters is 3. The Morgan fingerprint density at radius 2 is 0.532 bits per heavy atom. The van der Waals surface area contributed by atoms with E-state index in [9.17, 15) is 14.4 Å². The van der Waals surface area contributed by atoms with Crippen LogP contribution in [0.1, 0.15) is 265 Å². The van der Waals surface area contributed by atoms with Crippen LogP contribution in [-0.4, -0.2) is 37.2 Å². The fourth-order valence-corrected chi connectivity index (χ4v) is 8.24. The van der Waals surface area contributed by atoms with Crippen molar-refractivity contribution in [2.45, 2.75) is 271 Å². The molecule has 0 radical (unpaired) electrons. The normalized spacial score (nSPS) is 13.1. The van der Waals surface area contributed by atoms with Crippen molar-refractivity contribution in [1.82, 2.24) is 0 Å². The predicted octanol–water partition coefficient (Wildman–Crippen LogP) is 21.5. The first-order valence-corrected chi connectivity index (χ1v) is 31.3. The zero-order chi connectivity index (χ0) is 55.7.